The van der Waals surface area contributed by atoms with Gasteiger partial charge in [0.2, 0.25) is 0 Å². The van der Waals surface area contributed by atoms with Gasteiger partial charge in [-0.15, -0.1) is 0 Å². The van der Waals surface area contributed by atoms with Gasteiger partial charge >= 0.3 is 0 Å². The maximum atomic E-state index is 9.40. The minimum atomic E-state index is -1.08. The summed E-state index contributed by atoms with van der Waals surface area (Å²) in [5.41, 5.74) is 0. The summed E-state index contributed by atoms with van der Waals surface area (Å²) in [4.78, 5) is 0. The Morgan fingerprint density at radius 3 is 2.31 bits per heavy atom. The summed E-state index contributed by atoms with van der Waals surface area (Å²) in [6.07, 6.45) is -3.84. The molecule has 3 N–H and O–H groups in total. The molecule has 0 saturated carbocycles. The van der Waals surface area contributed by atoms with Crippen LogP contribution >= 0.6 is 0 Å². The minimum Gasteiger partial charge on any atom is -0.394 e. The largest absolute Gasteiger partial charge is 0.394 e. The maximum Gasteiger partial charge on any atom is 0.186 e. The lowest BCUT2D eigenvalue weighted by Crippen LogP contribution is -2.35. The summed E-state index contributed by atoms with van der Waals surface area (Å²) in [5.74, 6) is 0. The SMILES string of the molecule is CC(C)O[C@H]1O[C@@H](CO)[C@H](O)[C@H]1O. The highest BCUT2D eigenvalue weighted by Crippen LogP contribution is 2.22. The van der Waals surface area contributed by atoms with Gasteiger partial charge in [-0.2, -0.15) is 0 Å². The molecule has 0 aromatic rings. The van der Waals surface area contributed by atoms with Crippen molar-refractivity contribution in [1.29, 1.82) is 0 Å². The summed E-state index contributed by atoms with van der Waals surface area (Å²) in [6.45, 7) is 3.28. The molecule has 4 atom stereocenters. The first-order valence-corrected chi connectivity index (χ1v) is 4.34. The highest BCUT2D eigenvalue weighted by atomic mass is 16.7. The van der Waals surface area contributed by atoms with E-state index in [0.29, 0.717) is 0 Å². The number of hydrogen-bond acceptors (Lipinski definition) is 5. The molecule has 0 aromatic carbocycles. The first-order valence-electron chi connectivity index (χ1n) is 4.34. The zero-order chi connectivity index (χ0) is 10.0. The summed E-state index contributed by atoms with van der Waals surface area (Å²) in [5, 5.41) is 27.5. The van der Waals surface area contributed by atoms with Crippen molar-refractivity contribution in [2.24, 2.45) is 0 Å². The Hall–Kier alpha value is -0.200. The van der Waals surface area contributed by atoms with Gasteiger partial charge in [-0.05, 0) is 13.8 Å². The van der Waals surface area contributed by atoms with Crippen LogP contribution in [0.25, 0.3) is 0 Å². The van der Waals surface area contributed by atoms with E-state index in [9.17, 15) is 10.2 Å². The van der Waals surface area contributed by atoms with Gasteiger partial charge in [-0.3, -0.25) is 0 Å². The molecule has 1 aliphatic rings. The molecule has 5 heteroatoms. The lowest BCUT2D eigenvalue weighted by molar-refractivity contribution is -0.186. The van der Waals surface area contributed by atoms with Gasteiger partial charge in [0.25, 0.3) is 0 Å². The summed E-state index contributed by atoms with van der Waals surface area (Å²) < 4.78 is 10.3. The minimum absolute atomic E-state index is 0.0932. The van der Waals surface area contributed by atoms with Crippen LogP contribution in [0.1, 0.15) is 13.8 Å². The Morgan fingerprint density at radius 1 is 1.31 bits per heavy atom. The van der Waals surface area contributed by atoms with Crippen LogP contribution in [-0.2, 0) is 9.47 Å². The van der Waals surface area contributed by atoms with Gasteiger partial charge < -0.3 is 24.8 Å². The van der Waals surface area contributed by atoms with E-state index in [1.54, 1.807) is 13.8 Å². The van der Waals surface area contributed by atoms with Crippen LogP contribution in [0, 0.1) is 0 Å². The van der Waals surface area contributed by atoms with Crippen LogP contribution in [0.2, 0.25) is 0 Å². The van der Waals surface area contributed by atoms with Gasteiger partial charge in [0.15, 0.2) is 6.29 Å². The van der Waals surface area contributed by atoms with Crippen LogP contribution in [0.15, 0.2) is 0 Å². The average Bonchev–Trinajstić information content (AvgIpc) is 2.32. The molecule has 0 aliphatic carbocycles. The van der Waals surface area contributed by atoms with Crippen LogP contribution < -0.4 is 0 Å². The van der Waals surface area contributed by atoms with E-state index >= 15 is 0 Å². The van der Waals surface area contributed by atoms with E-state index < -0.39 is 24.6 Å². The highest BCUT2D eigenvalue weighted by Gasteiger charge is 2.43. The zero-order valence-corrected chi connectivity index (χ0v) is 7.75. The molecule has 1 fully saturated rings. The van der Waals surface area contributed by atoms with Gasteiger partial charge in [0, 0.05) is 0 Å². The zero-order valence-electron chi connectivity index (χ0n) is 7.75. The average molecular weight is 192 g/mol. The Labute approximate surface area is 76.9 Å². The van der Waals surface area contributed by atoms with Crippen LogP contribution in [0.3, 0.4) is 0 Å². The van der Waals surface area contributed by atoms with Crippen molar-refractivity contribution in [1.82, 2.24) is 0 Å². The molecule has 1 heterocycles. The van der Waals surface area contributed by atoms with E-state index in [4.69, 9.17) is 14.6 Å². The number of hydrogen-bond donors (Lipinski definition) is 3. The van der Waals surface area contributed by atoms with E-state index in [1.807, 2.05) is 0 Å². The van der Waals surface area contributed by atoms with Crippen molar-refractivity contribution < 1.29 is 24.8 Å². The van der Waals surface area contributed by atoms with Gasteiger partial charge in [0.1, 0.15) is 18.3 Å². The Balaban J connectivity index is 2.50. The van der Waals surface area contributed by atoms with E-state index in [0.717, 1.165) is 0 Å². The molecule has 1 aliphatic heterocycles. The second-order valence-corrected chi connectivity index (χ2v) is 3.39. The quantitative estimate of drug-likeness (QED) is 0.526. The third kappa shape index (κ3) is 2.38. The molecule has 0 unspecified atom stereocenters. The van der Waals surface area contributed by atoms with Crippen LogP contribution in [0.5, 0.6) is 0 Å². The van der Waals surface area contributed by atoms with Gasteiger partial charge in [-0.25, -0.2) is 0 Å². The van der Waals surface area contributed by atoms with Crippen molar-refractivity contribution in [3.05, 3.63) is 0 Å². The van der Waals surface area contributed by atoms with Crippen molar-refractivity contribution in [2.75, 3.05) is 6.61 Å². The molecule has 1 saturated heterocycles. The Morgan fingerprint density at radius 2 is 1.92 bits per heavy atom. The highest BCUT2D eigenvalue weighted by molar-refractivity contribution is 4.86. The molecule has 0 amide bonds. The smallest absolute Gasteiger partial charge is 0.186 e. The molecule has 0 spiro atoms. The first kappa shape index (κ1) is 10.9. The fraction of sp³-hybridized carbons (Fsp3) is 1.00. The molecular weight excluding hydrogens is 176 g/mol. The normalized spacial score (nSPS) is 40.2. The number of rotatable bonds is 3. The predicted molar refractivity (Wildman–Crippen MR) is 44.0 cm³/mol. The van der Waals surface area contributed by atoms with E-state index in [1.165, 1.54) is 0 Å². The molecule has 1 rings (SSSR count). The van der Waals surface area contributed by atoms with E-state index in [2.05, 4.69) is 0 Å². The first-order chi connectivity index (χ1) is 6.06. The Kier molecular flexibility index (Phi) is 3.63. The molecule has 78 valence electrons. The summed E-state index contributed by atoms with van der Waals surface area (Å²) in [6, 6.07) is 0. The number of aliphatic hydroxyl groups is 3. The van der Waals surface area contributed by atoms with E-state index in [-0.39, 0.29) is 12.7 Å². The molecule has 0 bridgehead atoms. The summed E-state index contributed by atoms with van der Waals surface area (Å²) in [7, 11) is 0. The third-order valence-electron chi connectivity index (χ3n) is 1.90. The lowest BCUT2D eigenvalue weighted by Gasteiger charge is -2.17. The van der Waals surface area contributed by atoms with Crippen molar-refractivity contribution >= 4 is 0 Å². The second kappa shape index (κ2) is 4.34. The molecule has 0 radical (unpaired) electrons. The summed E-state index contributed by atoms with van der Waals surface area (Å²) >= 11 is 0. The monoisotopic (exact) mass is 192 g/mol. The lowest BCUT2D eigenvalue weighted by atomic mass is 10.1. The van der Waals surface area contributed by atoms with Crippen molar-refractivity contribution in [3.8, 4) is 0 Å². The van der Waals surface area contributed by atoms with Crippen molar-refractivity contribution in [3.63, 3.8) is 0 Å². The van der Waals surface area contributed by atoms with Crippen LogP contribution in [0.4, 0.5) is 0 Å². The molecule has 0 aromatic heterocycles. The standard InChI is InChI=1S/C8H16O5/c1-4(2)12-8-7(11)6(10)5(3-9)13-8/h4-11H,3H2,1-2H3/t5-,6-,7+,8-/m0/s1. The molecule has 13 heavy (non-hydrogen) atoms. The molecular formula is C8H16O5. The second-order valence-electron chi connectivity index (χ2n) is 3.39. The van der Waals surface area contributed by atoms with Crippen molar-refractivity contribution in [2.45, 2.75) is 44.6 Å². The maximum absolute atomic E-state index is 9.40. The topological polar surface area (TPSA) is 79.2 Å². The fourth-order valence-electron chi connectivity index (χ4n) is 1.25. The van der Waals surface area contributed by atoms with Crippen LogP contribution in [-0.4, -0.2) is 52.6 Å². The fourth-order valence-corrected chi connectivity index (χ4v) is 1.25. The number of ether oxygens (including phenoxy) is 2. The third-order valence-corrected chi connectivity index (χ3v) is 1.90. The van der Waals surface area contributed by atoms with Gasteiger partial charge in [0.05, 0.1) is 12.7 Å². The predicted octanol–water partition coefficient (Wildman–Crippen LogP) is -1.15. The molecule has 5 nitrogen and oxygen atoms in total. The Bertz CT molecular complexity index is 161. The number of aliphatic hydroxyl groups excluding tert-OH is 3. The van der Waals surface area contributed by atoms with Gasteiger partial charge in [-0.1, -0.05) is 0 Å².